The van der Waals surface area contributed by atoms with Gasteiger partial charge in [0.1, 0.15) is 11.5 Å². The second-order valence-corrected chi connectivity index (χ2v) is 6.36. The van der Waals surface area contributed by atoms with E-state index in [0.717, 1.165) is 0 Å². The van der Waals surface area contributed by atoms with Crippen LogP contribution in [-0.4, -0.2) is 53.0 Å². The molecule has 3 atom stereocenters. The Kier molecular flexibility index (Phi) is 6.01. The third kappa shape index (κ3) is 4.88. The van der Waals surface area contributed by atoms with Gasteiger partial charge in [0.2, 0.25) is 0 Å². The SMILES string of the molecule is CCOC(=O)C1CN(C(=O)OC(C)(C)C)C(CC)CC1O. The second-order valence-electron chi connectivity index (χ2n) is 6.36. The van der Waals surface area contributed by atoms with Gasteiger partial charge in [-0.15, -0.1) is 0 Å². The highest BCUT2D eigenvalue weighted by molar-refractivity contribution is 5.75. The lowest BCUT2D eigenvalue weighted by Crippen LogP contribution is -2.55. The molecule has 0 aromatic rings. The zero-order valence-corrected chi connectivity index (χ0v) is 13.6. The zero-order valence-electron chi connectivity index (χ0n) is 13.6. The van der Waals surface area contributed by atoms with Crippen molar-refractivity contribution in [3.05, 3.63) is 0 Å². The third-order valence-corrected chi connectivity index (χ3v) is 3.50. The molecule has 0 saturated carbocycles. The highest BCUT2D eigenvalue weighted by Gasteiger charge is 2.41. The first-order valence-electron chi connectivity index (χ1n) is 7.53. The van der Waals surface area contributed by atoms with Crippen molar-refractivity contribution in [1.29, 1.82) is 0 Å². The number of carbonyl (C=O) groups is 2. The summed E-state index contributed by atoms with van der Waals surface area (Å²) in [5.41, 5.74) is -0.592. The van der Waals surface area contributed by atoms with Crippen LogP contribution in [0.15, 0.2) is 0 Å². The van der Waals surface area contributed by atoms with E-state index in [1.54, 1.807) is 32.6 Å². The van der Waals surface area contributed by atoms with Crippen molar-refractivity contribution < 1.29 is 24.2 Å². The summed E-state index contributed by atoms with van der Waals surface area (Å²) in [6.07, 6.45) is -0.173. The zero-order chi connectivity index (χ0) is 16.2. The van der Waals surface area contributed by atoms with Crippen LogP contribution < -0.4 is 0 Å². The maximum absolute atomic E-state index is 12.3. The van der Waals surface area contributed by atoms with E-state index in [-0.39, 0.29) is 19.2 Å². The van der Waals surface area contributed by atoms with E-state index in [9.17, 15) is 14.7 Å². The Bertz CT molecular complexity index is 377. The Balaban J connectivity index is 2.84. The van der Waals surface area contributed by atoms with Gasteiger partial charge in [-0.05, 0) is 40.5 Å². The Labute approximate surface area is 126 Å². The number of nitrogens with zero attached hydrogens (tertiary/aromatic N) is 1. The molecule has 122 valence electrons. The number of aliphatic hydroxyl groups is 1. The van der Waals surface area contributed by atoms with Gasteiger partial charge >= 0.3 is 12.1 Å². The van der Waals surface area contributed by atoms with Crippen molar-refractivity contribution in [3.63, 3.8) is 0 Å². The number of hydrogen-bond donors (Lipinski definition) is 1. The number of likely N-dealkylation sites (tertiary alicyclic amines) is 1. The normalized spacial score (nSPS) is 26.4. The quantitative estimate of drug-likeness (QED) is 0.806. The third-order valence-electron chi connectivity index (χ3n) is 3.50. The minimum Gasteiger partial charge on any atom is -0.466 e. The van der Waals surface area contributed by atoms with Crippen LogP contribution in [0.25, 0.3) is 0 Å². The molecule has 1 amide bonds. The average molecular weight is 301 g/mol. The highest BCUT2D eigenvalue weighted by atomic mass is 16.6. The standard InChI is InChI=1S/C15H27NO5/c1-6-10-8-12(17)11(13(18)20-7-2)9-16(10)14(19)21-15(3,4)5/h10-12,17H,6-9H2,1-5H3. The number of piperidine rings is 1. The Morgan fingerprint density at radius 3 is 2.38 bits per heavy atom. The summed E-state index contributed by atoms with van der Waals surface area (Å²) in [4.78, 5) is 25.7. The summed E-state index contributed by atoms with van der Waals surface area (Å²) in [6, 6.07) is -0.125. The predicted molar refractivity (Wildman–Crippen MR) is 77.8 cm³/mol. The van der Waals surface area contributed by atoms with E-state index in [4.69, 9.17) is 9.47 Å². The van der Waals surface area contributed by atoms with Gasteiger partial charge < -0.3 is 19.5 Å². The van der Waals surface area contributed by atoms with Gasteiger partial charge in [0.25, 0.3) is 0 Å². The minimum absolute atomic E-state index is 0.125. The number of aliphatic hydroxyl groups excluding tert-OH is 1. The second kappa shape index (κ2) is 7.11. The molecule has 1 aliphatic heterocycles. The van der Waals surface area contributed by atoms with E-state index in [1.807, 2.05) is 6.92 Å². The molecule has 6 nitrogen and oxygen atoms in total. The van der Waals surface area contributed by atoms with Crippen LogP contribution in [-0.2, 0) is 14.3 Å². The molecular formula is C15H27NO5. The molecule has 0 bridgehead atoms. The molecule has 1 heterocycles. The molecule has 6 heteroatoms. The molecule has 1 aliphatic rings. The van der Waals surface area contributed by atoms with Crippen LogP contribution in [0.3, 0.4) is 0 Å². The smallest absolute Gasteiger partial charge is 0.410 e. The molecule has 1 saturated heterocycles. The molecule has 1 rings (SSSR count). The molecular weight excluding hydrogens is 274 g/mol. The van der Waals surface area contributed by atoms with Gasteiger partial charge in [-0.1, -0.05) is 6.92 Å². The van der Waals surface area contributed by atoms with E-state index in [0.29, 0.717) is 12.8 Å². The molecule has 0 aliphatic carbocycles. The summed E-state index contributed by atoms with van der Waals surface area (Å²) < 4.78 is 10.4. The van der Waals surface area contributed by atoms with Crippen molar-refractivity contribution in [2.24, 2.45) is 5.92 Å². The van der Waals surface area contributed by atoms with Gasteiger partial charge in [0.05, 0.1) is 12.7 Å². The largest absolute Gasteiger partial charge is 0.466 e. The summed E-state index contributed by atoms with van der Waals surface area (Å²) >= 11 is 0. The Hall–Kier alpha value is -1.30. The summed E-state index contributed by atoms with van der Waals surface area (Å²) in [5.74, 6) is -1.17. The van der Waals surface area contributed by atoms with Crippen LogP contribution in [0.2, 0.25) is 0 Å². The van der Waals surface area contributed by atoms with Gasteiger partial charge in [-0.25, -0.2) is 4.79 Å². The first-order valence-corrected chi connectivity index (χ1v) is 7.53. The van der Waals surface area contributed by atoms with Crippen molar-refractivity contribution >= 4 is 12.1 Å². The first kappa shape index (κ1) is 17.8. The van der Waals surface area contributed by atoms with Gasteiger partial charge in [-0.3, -0.25) is 4.79 Å². The van der Waals surface area contributed by atoms with E-state index in [1.165, 1.54) is 0 Å². The predicted octanol–water partition coefficient (Wildman–Crippen LogP) is 1.95. The fourth-order valence-corrected chi connectivity index (χ4v) is 2.47. The van der Waals surface area contributed by atoms with Crippen molar-refractivity contribution in [2.45, 2.75) is 65.2 Å². The lowest BCUT2D eigenvalue weighted by molar-refractivity contribution is -0.156. The van der Waals surface area contributed by atoms with Crippen LogP contribution in [0.1, 0.15) is 47.5 Å². The number of esters is 1. The molecule has 1 fully saturated rings. The highest BCUT2D eigenvalue weighted by Crippen LogP contribution is 2.27. The lowest BCUT2D eigenvalue weighted by Gasteiger charge is -2.41. The number of rotatable bonds is 3. The summed E-state index contributed by atoms with van der Waals surface area (Å²) in [5, 5.41) is 10.1. The van der Waals surface area contributed by atoms with E-state index in [2.05, 4.69) is 0 Å². The molecule has 0 radical (unpaired) electrons. The molecule has 1 N–H and O–H groups in total. The molecule has 0 aromatic heterocycles. The fraction of sp³-hybridized carbons (Fsp3) is 0.867. The van der Waals surface area contributed by atoms with Crippen molar-refractivity contribution in [2.75, 3.05) is 13.2 Å². The van der Waals surface area contributed by atoms with Crippen molar-refractivity contribution in [1.82, 2.24) is 4.90 Å². The average Bonchev–Trinajstić information content (AvgIpc) is 2.36. The maximum atomic E-state index is 12.3. The lowest BCUT2D eigenvalue weighted by atomic mass is 9.89. The molecule has 3 unspecified atom stereocenters. The summed E-state index contributed by atoms with van der Waals surface area (Å²) in [6.45, 7) is 9.45. The van der Waals surface area contributed by atoms with Gasteiger partial charge in [-0.2, -0.15) is 0 Å². The number of amides is 1. The molecule has 21 heavy (non-hydrogen) atoms. The van der Waals surface area contributed by atoms with Crippen LogP contribution in [0.5, 0.6) is 0 Å². The molecule has 0 spiro atoms. The first-order chi connectivity index (χ1) is 9.69. The van der Waals surface area contributed by atoms with E-state index >= 15 is 0 Å². The minimum atomic E-state index is -0.785. The van der Waals surface area contributed by atoms with Gasteiger partial charge in [0.15, 0.2) is 0 Å². The number of ether oxygens (including phenoxy) is 2. The fourth-order valence-electron chi connectivity index (χ4n) is 2.47. The molecule has 0 aromatic carbocycles. The van der Waals surface area contributed by atoms with Crippen LogP contribution in [0, 0.1) is 5.92 Å². The van der Waals surface area contributed by atoms with Gasteiger partial charge in [0, 0.05) is 12.6 Å². The number of carbonyl (C=O) groups excluding carboxylic acids is 2. The Morgan fingerprint density at radius 2 is 1.90 bits per heavy atom. The Morgan fingerprint density at radius 1 is 1.29 bits per heavy atom. The van der Waals surface area contributed by atoms with Crippen molar-refractivity contribution in [3.8, 4) is 0 Å². The topological polar surface area (TPSA) is 76.1 Å². The van der Waals surface area contributed by atoms with Crippen LogP contribution >= 0.6 is 0 Å². The summed E-state index contributed by atoms with van der Waals surface area (Å²) in [7, 11) is 0. The van der Waals surface area contributed by atoms with Crippen LogP contribution in [0.4, 0.5) is 4.79 Å². The van der Waals surface area contributed by atoms with E-state index < -0.39 is 29.7 Å². The monoisotopic (exact) mass is 301 g/mol. The number of hydrogen-bond acceptors (Lipinski definition) is 5. The maximum Gasteiger partial charge on any atom is 0.410 e.